The summed E-state index contributed by atoms with van der Waals surface area (Å²) in [6.07, 6.45) is 2.43. The van der Waals surface area contributed by atoms with Gasteiger partial charge in [0.1, 0.15) is 5.65 Å². The van der Waals surface area contributed by atoms with E-state index in [-0.39, 0.29) is 0 Å². The molecule has 0 aromatic carbocycles. The summed E-state index contributed by atoms with van der Waals surface area (Å²) in [6.45, 7) is 0. The summed E-state index contributed by atoms with van der Waals surface area (Å²) >= 11 is 0. The fraction of sp³-hybridized carbons (Fsp3) is 0.111. The Bertz CT molecular complexity index is 448. The molecule has 0 atom stereocenters. The third-order valence-corrected chi connectivity index (χ3v) is 1.88. The topological polar surface area (TPSA) is 55.0 Å². The number of rotatable bonds is 2. The summed E-state index contributed by atoms with van der Waals surface area (Å²) < 4.78 is 4.95. The van der Waals surface area contributed by atoms with E-state index < -0.39 is 0 Å². The molecule has 4 heteroatoms. The van der Waals surface area contributed by atoms with Crippen LogP contribution in [0.2, 0.25) is 0 Å². The highest BCUT2D eigenvalue weighted by Crippen LogP contribution is 2.17. The van der Waals surface area contributed by atoms with Crippen LogP contribution in [0.3, 0.4) is 0 Å². The van der Waals surface area contributed by atoms with Crippen LogP contribution in [0.5, 0.6) is 5.88 Å². The number of aldehydes is 1. The van der Waals surface area contributed by atoms with Crippen molar-refractivity contribution in [3.05, 3.63) is 23.9 Å². The number of hydrogen-bond acceptors (Lipinski definition) is 3. The lowest BCUT2D eigenvalue weighted by Crippen LogP contribution is -1.86. The van der Waals surface area contributed by atoms with Crippen molar-refractivity contribution < 1.29 is 9.53 Å². The lowest BCUT2D eigenvalue weighted by molar-refractivity contribution is 0.112. The lowest BCUT2D eigenvalue weighted by atomic mass is 10.2. The van der Waals surface area contributed by atoms with Crippen LogP contribution in [-0.4, -0.2) is 23.4 Å². The number of pyridine rings is 1. The van der Waals surface area contributed by atoms with Gasteiger partial charge in [0, 0.05) is 23.2 Å². The van der Waals surface area contributed by atoms with E-state index in [4.69, 9.17) is 4.74 Å². The third kappa shape index (κ3) is 1.16. The van der Waals surface area contributed by atoms with Crippen molar-refractivity contribution in [1.29, 1.82) is 0 Å². The Balaban J connectivity index is 2.67. The van der Waals surface area contributed by atoms with Crippen LogP contribution < -0.4 is 4.74 Å². The van der Waals surface area contributed by atoms with Crippen molar-refractivity contribution in [2.45, 2.75) is 0 Å². The molecule has 0 saturated heterocycles. The Morgan fingerprint density at radius 3 is 3.08 bits per heavy atom. The second-order valence-electron chi connectivity index (χ2n) is 2.61. The Labute approximate surface area is 74.5 Å². The molecule has 0 saturated carbocycles. The first kappa shape index (κ1) is 7.79. The zero-order valence-electron chi connectivity index (χ0n) is 7.07. The van der Waals surface area contributed by atoms with Crippen molar-refractivity contribution >= 4 is 17.3 Å². The molecule has 0 bridgehead atoms. The van der Waals surface area contributed by atoms with Gasteiger partial charge in [-0.2, -0.15) is 4.98 Å². The van der Waals surface area contributed by atoms with E-state index >= 15 is 0 Å². The molecular weight excluding hydrogens is 168 g/mol. The molecule has 66 valence electrons. The van der Waals surface area contributed by atoms with Crippen molar-refractivity contribution in [2.75, 3.05) is 7.11 Å². The van der Waals surface area contributed by atoms with Crippen LogP contribution in [0.1, 0.15) is 10.4 Å². The molecule has 1 N–H and O–H groups in total. The van der Waals surface area contributed by atoms with E-state index in [1.165, 1.54) is 0 Å². The van der Waals surface area contributed by atoms with Gasteiger partial charge >= 0.3 is 0 Å². The Kier molecular flexibility index (Phi) is 1.73. The number of aromatic nitrogens is 2. The third-order valence-electron chi connectivity index (χ3n) is 1.88. The normalized spacial score (nSPS) is 10.2. The fourth-order valence-corrected chi connectivity index (χ4v) is 1.22. The van der Waals surface area contributed by atoms with Gasteiger partial charge in [0.05, 0.1) is 7.11 Å². The number of aromatic amines is 1. The summed E-state index contributed by atoms with van der Waals surface area (Å²) in [5.41, 5.74) is 1.28. The zero-order chi connectivity index (χ0) is 9.26. The van der Waals surface area contributed by atoms with E-state index in [1.54, 1.807) is 25.4 Å². The number of nitrogens with one attached hydrogen (secondary N) is 1. The summed E-state index contributed by atoms with van der Waals surface area (Å²) in [6, 6.07) is 3.53. The predicted octanol–water partition coefficient (Wildman–Crippen LogP) is 1.38. The maximum Gasteiger partial charge on any atom is 0.214 e. The van der Waals surface area contributed by atoms with Crippen LogP contribution in [0, 0.1) is 0 Å². The number of H-pyrrole nitrogens is 1. The fourth-order valence-electron chi connectivity index (χ4n) is 1.22. The SMILES string of the molecule is COc1ccc2c(C=O)c[nH]c2n1. The molecule has 0 fully saturated rings. The predicted molar refractivity (Wildman–Crippen MR) is 48.0 cm³/mol. The minimum Gasteiger partial charge on any atom is -0.481 e. The van der Waals surface area contributed by atoms with Crippen molar-refractivity contribution in [3.63, 3.8) is 0 Å². The van der Waals surface area contributed by atoms with Crippen LogP contribution >= 0.6 is 0 Å². The number of hydrogen-bond donors (Lipinski definition) is 1. The number of methoxy groups -OCH3 is 1. The molecule has 2 aromatic rings. The Morgan fingerprint density at radius 1 is 1.54 bits per heavy atom. The quantitative estimate of drug-likeness (QED) is 0.703. The molecule has 0 amide bonds. The number of nitrogens with zero attached hydrogens (tertiary/aromatic N) is 1. The molecule has 0 aliphatic carbocycles. The second-order valence-corrected chi connectivity index (χ2v) is 2.61. The number of carbonyl (C=O) groups excluding carboxylic acids is 1. The number of carbonyl (C=O) groups is 1. The van der Waals surface area contributed by atoms with Gasteiger partial charge in [0.2, 0.25) is 5.88 Å². The molecule has 0 unspecified atom stereocenters. The van der Waals surface area contributed by atoms with Crippen molar-refractivity contribution in [1.82, 2.24) is 9.97 Å². The smallest absolute Gasteiger partial charge is 0.214 e. The average Bonchev–Trinajstić information content (AvgIpc) is 2.59. The highest BCUT2D eigenvalue weighted by molar-refractivity contribution is 5.95. The number of fused-ring (bicyclic) bond motifs is 1. The van der Waals surface area contributed by atoms with E-state index in [0.717, 1.165) is 11.7 Å². The number of ether oxygens (including phenoxy) is 1. The van der Waals surface area contributed by atoms with E-state index in [0.29, 0.717) is 17.1 Å². The van der Waals surface area contributed by atoms with Gasteiger partial charge in [0.25, 0.3) is 0 Å². The molecule has 2 aromatic heterocycles. The molecule has 0 aliphatic heterocycles. The molecule has 2 heterocycles. The first-order chi connectivity index (χ1) is 6.35. The summed E-state index contributed by atoms with van der Waals surface area (Å²) in [7, 11) is 1.55. The lowest BCUT2D eigenvalue weighted by Gasteiger charge is -1.96. The zero-order valence-corrected chi connectivity index (χ0v) is 7.07. The molecule has 0 radical (unpaired) electrons. The van der Waals surface area contributed by atoms with Gasteiger partial charge in [-0.25, -0.2) is 0 Å². The molecule has 0 aliphatic rings. The van der Waals surface area contributed by atoms with Gasteiger partial charge in [0.15, 0.2) is 6.29 Å². The molecule has 13 heavy (non-hydrogen) atoms. The van der Waals surface area contributed by atoms with Crippen molar-refractivity contribution in [2.24, 2.45) is 0 Å². The highest BCUT2D eigenvalue weighted by Gasteiger charge is 2.04. The van der Waals surface area contributed by atoms with E-state index in [9.17, 15) is 4.79 Å². The van der Waals surface area contributed by atoms with Crippen LogP contribution in [-0.2, 0) is 0 Å². The minimum atomic E-state index is 0.534. The van der Waals surface area contributed by atoms with Gasteiger partial charge in [-0.15, -0.1) is 0 Å². The molecular formula is C9H8N2O2. The van der Waals surface area contributed by atoms with Crippen molar-refractivity contribution in [3.8, 4) is 5.88 Å². The van der Waals surface area contributed by atoms with Gasteiger partial charge in [-0.05, 0) is 6.07 Å². The first-order valence-electron chi connectivity index (χ1n) is 3.82. The first-order valence-corrected chi connectivity index (χ1v) is 3.82. The van der Waals surface area contributed by atoms with E-state index in [1.807, 2.05) is 0 Å². The molecule has 2 rings (SSSR count). The summed E-state index contributed by atoms with van der Waals surface area (Å²) in [5, 5.41) is 0.816. The van der Waals surface area contributed by atoms with E-state index in [2.05, 4.69) is 9.97 Å². The average molecular weight is 176 g/mol. The largest absolute Gasteiger partial charge is 0.481 e. The maximum absolute atomic E-state index is 10.6. The minimum absolute atomic E-state index is 0.534. The molecule has 4 nitrogen and oxygen atoms in total. The van der Waals surface area contributed by atoms with Gasteiger partial charge in [-0.1, -0.05) is 0 Å². The van der Waals surface area contributed by atoms with Gasteiger partial charge < -0.3 is 9.72 Å². The Hall–Kier alpha value is -1.84. The highest BCUT2D eigenvalue weighted by atomic mass is 16.5. The van der Waals surface area contributed by atoms with Crippen LogP contribution in [0.4, 0.5) is 0 Å². The van der Waals surface area contributed by atoms with Crippen LogP contribution in [0.25, 0.3) is 11.0 Å². The van der Waals surface area contributed by atoms with Crippen LogP contribution in [0.15, 0.2) is 18.3 Å². The maximum atomic E-state index is 10.6. The Morgan fingerprint density at radius 2 is 2.38 bits per heavy atom. The van der Waals surface area contributed by atoms with Gasteiger partial charge in [-0.3, -0.25) is 4.79 Å². The summed E-state index contributed by atoms with van der Waals surface area (Å²) in [5.74, 6) is 0.534. The molecule has 0 spiro atoms. The monoisotopic (exact) mass is 176 g/mol. The second kappa shape index (κ2) is 2.90. The standard InChI is InChI=1S/C9H8N2O2/c1-13-8-3-2-7-6(5-12)4-10-9(7)11-8/h2-5H,1H3,(H,10,11). The summed E-state index contributed by atoms with van der Waals surface area (Å²) in [4.78, 5) is 17.6.